The maximum Gasteiger partial charge on any atom is 0.107 e. The van der Waals surface area contributed by atoms with Gasteiger partial charge in [0.2, 0.25) is 0 Å². The lowest BCUT2D eigenvalue weighted by Gasteiger charge is -2.22. The second-order valence-electron chi connectivity index (χ2n) is 3.31. The minimum absolute atomic E-state index is 0.335. The van der Waals surface area contributed by atoms with Gasteiger partial charge in [0.1, 0.15) is 6.67 Å². The third kappa shape index (κ3) is 3.76. The predicted octanol–water partition coefficient (Wildman–Crippen LogP) is 2.44. The van der Waals surface area contributed by atoms with Crippen LogP contribution in [0.15, 0.2) is 29.2 Å². The van der Waals surface area contributed by atoms with Gasteiger partial charge in [-0.1, -0.05) is 0 Å². The van der Waals surface area contributed by atoms with E-state index in [4.69, 9.17) is 11.6 Å². The standard InChI is InChI=1S/C11H15ClFNOS/c1-16(15)11-4-2-10(3-5-11)14(8-6-12)9-7-13/h2-5H,6-9H2,1H3. The number of anilines is 1. The fourth-order valence-electron chi connectivity index (χ4n) is 1.42. The molecule has 0 heterocycles. The van der Waals surface area contributed by atoms with Crippen molar-refractivity contribution in [2.75, 3.05) is 36.8 Å². The molecule has 0 aromatic heterocycles. The Balaban J connectivity index is 2.80. The van der Waals surface area contributed by atoms with Crippen LogP contribution in [0.4, 0.5) is 10.1 Å². The van der Waals surface area contributed by atoms with Gasteiger partial charge in [0.05, 0.1) is 0 Å². The van der Waals surface area contributed by atoms with Crippen LogP contribution < -0.4 is 4.90 Å². The Hall–Kier alpha value is -0.610. The average molecular weight is 264 g/mol. The summed E-state index contributed by atoms with van der Waals surface area (Å²) in [6.45, 7) is 0.541. The van der Waals surface area contributed by atoms with E-state index in [1.807, 2.05) is 17.0 Å². The van der Waals surface area contributed by atoms with Crippen LogP contribution in [-0.2, 0) is 10.8 Å². The Bertz CT molecular complexity index is 338. The van der Waals surface area contributed by atoms with Crippen LogP contribution in [0.3, 0.4) is 0 Å². The molecule has 0 saturated carbocycles. The number of hydrogen-bond acceptors (Lipinski definition) is 2. The molecule has 0 fully saturated rings. The molecular weight excluding hydrogens is 249 g/mol. The summed E-state index contributed by atoms with van der Waals surface area (Å²) in [5.41, 5.74) is 0.910. The highest BCUT2D eigenvalue weighted by Crippen LogP contribution is 2.16. The fraction of sp³-hybridized carbons (Fsp3) is 0.455. The second kappa shape index (κ2) is 6.86. The van der Waals surface area contributed by atoms with E-state index in [2.05, 4.69) is 0 Å². The van der Waals surface area contributed by atoms with Crippen molar-refractivity contribution in [2.45, 2.75) is 4.90 Å². The first-order valence-electron chi connectivity index (χ1n) is 4.99. The molecule has 0 N–H and O–H groups in total. The molecular formula is C11H15ClFNOS. The van der Waals surface area contributed by atoms with Crippen molar-refractivity contribution in [1.29, 1.82) is 0 Å². The first kappa shape index (κ1) is 13.5. The van der Waals surface area contributed by atoms with Crippen LogP contribution in [0, 0.1) is 0 Å². The van der Waals surface area contributed by atoms with E-state index in [1.165, 1.54) is 0 Å². The van der Waals surface area contributed by atoms with Gasteiger partial charge in [-0.3, -0.25) is 4.21 Å². The lowest BCUT2D eigenvalue weighted by molar-refractivity contribution is 0.492. The van der Waals surface area contributed by atoms with Gasteiger partial charge in [0.25, 0.3) is 0 Å². The van der Waals surface area contributed by atoms with E-state index in [0.717, 1.165) is 10.6 Å². The highest BCUT2D eigenvalue weighted by atomic mass is 35.5. The Morgan fingerprint density at radius 2 is 1.94 bits per heavy atom. The molecule has 1 atom stereocenters. The topological polar surface area (TPSA) is 20.3 Å². The molecule has 0 radical (unpaired) electrons. The van der Waals surface area contributed by atoms with Crippen LogP contribution in [0.1, 0.15) is 0 Å². The summed E-state index contributed by atoms with van der Waals surface area (Å²) in [6.07, 6.45) is 1.63. The number of halogens is 2. The number of alkyl halides is 2. The first-order chi connectivity index (χ1) is 7.69. The smallest absolute Gasteiger partial charge is 0.107 e. The lowest BCUT2D eigenvalue weighted by Crippen LogP contribution is -2.27. The second-order valence-corrected chi connectivity index (χ2v) is 5.07. The maximum atomic E-state index is 12.3. The minimum atomic E-state index is -0.977. The Morgan fingerprint density at radius 1 is 1.31 bits per heavy atom. The highest BCUT2D eigenvalue weighted by molar-refractivity contribution is 7.84. The summed E-state index contributed by atoms with van der Waals surface area (Å²) < 4.78 is 23.5. The molecule has 0 bridgehead atoms. The molecule has 16 heavy (non-hydrogen) atoms. The van der Waals surface area contributed by atoms with Crippen molar-refractivity contribution in [3.8, 4) is 0 Å². The Labute approximate surface area is 103 Å². The van der Waals surface area contributed by atoms with E-state index in [9.17, 15) is 8.60 Å². The van der Waals surface area contributed by atoms with E-state index < -0.39 is 17.5 Å². The fourth-order valence-corrected chi connectivity index (χ4v) is 2.15. The van der Waals surface area contributed by atoms with Crippen molar-refractivity contribution in [3.63, 3.8) is 0 Å². The Morgan fingerprint density at radius 3 is 2.38 bits per heavy atom. The van der Waals surface area contributed by atoms with Gasteiger partial charge in [-0.25, -0.2) is 4.39 Å². The number of hydrogen-bond donors (Lipinski definition) is 0. The molecule has 90 valence electrons. The van der Waals surface area contributed by atoms with Crippen molar-refractivity contribution in [3.05, 3.63) is 24.3 Å². The summed E-state index contributed by atoms with van der Waals surface area (Å²) in [4.78, 5) is 2.64. The van der Waals surface area contributed by atoms with Gasteiger partial charge in [0.15, 0.2) is 0 Å². The maximum absolute atomic E-state index is 12.3. The average Bonchev–Trinajstić information content (AvgIpc) is 2.29. The predicted molar refractivity (Wildman–Crippen MR) is 67.7 cm³/mol. The lowest BCUT2D eigenvalue weighted by atomic mass is 10.3. The van der Waals surface area contributed by atoms with E-state index in [0.29, 0.717) is 19.0 Å². The van der Waals surface area contributed by atoms with Crippen molar-refractivity contribution in [2.24, 2.45) is 0 Å². The molecule has 0 aliphatic heterocycles. The molecule has 1 rings (SSSR count). The van der Waals surface area contributed by atoms with Crippen LogP contribution in [-0.4, -0.2) is 36.1 Å². The molecule has 2 nitrogen and oxygen atoms in total. The highest BCUT2D eigenvalue weighted by Gasteiger charge is 2.06. The van der Waals surface area contributed by atoms with Crippen molar-refractivity contribution in [1.82, 2.24) is 0 Å². The summed E-state index contributed by atoms with van der Waals surface area (Å²) in [7, 11) is -0.977. The molecule has 0 saturated heterocycles. The molecule has 0 aliphatic rings. The summed E-state index contributed by atoms with van der Waals surface area (Å²) in [6, 6.07) is 7.29. The van der Waals surface area contributed by atoms with Gasteiger partial charge in [0, 0.05) is 46.6 Å². The molecule has 5 heteroatoms. The molecule has 0 spiro atoms. The van der Waals surface area contributed by atoms with Crippen LogP contribution in [0.25, 0.3) is 0 Å². The van der Waals surface area contributed by atoms with Gasteiger partial charge < -0.3 is 4.90 Å². The van der Waals surface area contributed by atoms with Crippen LogP contribution in [0.5, 0.6) is 0 Å². The van der Waals surface area contributed by atoms with Gasteiger partial charge in [-0.2, -0.15) is 0 Å². The van der Waals surface area contributed by atoms with E-state index in [1.54, 1.807) is 18.4 Å². The molecule has 0 aliphatic carbocycles. The Kier molecular flexibility index (Phi) is 5.77. The molecule has 1 aromatic carbocycles. The monoisotopic (exact) mass is 263 g/mol. The minimum Gasteiger partial charge on any atom is -0.368 e. The van der Waals surface area contributed by atoms with Crippen LogP contribution >= 0.6 is 11.6 Å². The van der Waals surface area contributed by atoms with Gasteiger partial charge in [-0.15, -0.1) is 11.6 Å². The summed E-state index contributed by atoms with van der Waals surface area (Å²) in [5.74, 6) is 0.460. The zero-order valence-corrected chi connectivity index (χ0v) is 10.7. The number of nitrogens with zero attached hydrogens (tertiary/aromatic N) is 1. The van der Waals surface area contributed by atoms with E-state index in [-0.39, 0.29) is 0 Å². The summed E-state index contributed by atoms with van der Waals surface area (Å²) in [5, 5.41) is 0. The number of benzene rings is 1. The zero-order valence-electron chi connectivity index (χ0n) is 9.16. The third-order valence-corrected chi connectivity index (χ3v) is 3.35. The van der Waals surface area contributed by atoms with Gasteiger partial charge >= 0.3 is 0 Å². The number of rotatable bonds is 6. The molecule has 1 aromatic rings. The van der Waals surface area contributed by atoms with E-state index >= 15 is 0 Å². The molecule has 1 unspecified atom stereocenters. The van der Waals surface area contributed by atoms with Gasteiger partial charge in [-0.05, 0) is 24.3 Å². The van der Waals surface area contributed by atoms with Crippen molar-refractivity contribution < 1.29 is 8.60 Å². The zero-order chi connectivity index (χ0) is 12.0. The quantitative estimate of drug-likeness (QED) is 0.735. The van der Waals surface area contributed by atoms with Crippen molar-refractivity contribution >= 4 is 28.1 Å². The molecule has 0 amide bonds. The normalized spacial score (nSPS) is 12.4. The third-order valence-electron chi connectivity index (χ3n) is 2.24. The first-order valence-corrected chi connectivity index (χ1v) is 7.08. The largest absolute Gasteiger partial charge is 0.368 e. The summed E-state index contributed by atoms with van der Waals surface area (Å²) >= 11 is 5.65. The SMILES string of the molecule is CS(=O)c1ccc(N(CCF)CCCl)cc1. The van der Waals surface area contributed by atoms with Crippen LogP contribution in [0.2, 0.25) is 0 Å².